The third-order valence-electron chi connectivity index (χ3n) is 4.21. The molecule has 10 heteroatoms. The van der Waals surface area contributed by atoms with E-state index in [0.717, 1.165) is 0 Å². The van der Waals surface area contributed by atoms with Gasteiger partial charge in [0.1, 0.15) is 0 Å². The Hall–Kier alpha value is 0.220. The zero-order chi connectivity index (χ0) is 22.9. The molecule has 0 aromatic rings. The molecule has 0 radical (unpaired) electrons. The second-order valence-corrected chi connectivity index (χ2v) is 13.6. The Bertz CT molecular complexity index is 496. The molecule has 1 aliphatic rings. The Morgan fingerprint density at radius 1 is 0.533 bits per heavy atom. The molecular weight excluding hydrogens is 426 g/mol. The Kier molecular flexibility index (Phi) is 12.3. The predicted molar refractivity (Wildman–Crippen MR) is 122 cm³/mol. The zero-order valence-electron chi connectivity index (χ0n) is 20.2. The highest BCUT2D eigenvalue weighted by Crippen LogP contribution is 2.57. The summed E-state index contributed by atoms with van der Waals surface area (Å²) in [4.78, 5) is 0. The van der Waals surface area contributed by atoms with Gasteiger partial charge in [-0.2, -0.15) is 0 Å². The molecule has 1 heterocycles. The highest BCUT2D eigenvalue weighted by Gasteiger charge is 2.42. The van der Waals surface area contributed by atoms with E-state index in [2.05, 4.69) is 0 Å². The minimum absolute atomic E-state index is 0.247. The Labute approximate surface area is 184 Å². The Balaban J connectivity index is 2.85. The van der Waals surface area contributed by atoms with Crippen LogP contribution in [0.2, 0.25) is 0 Å². The average molecular weight is 471 g/mol. The number of rotatable bonds is 14. The van der Waals surface area contributed by atoms with Crippen LogP contribution in [0.15, 0.2) is 0 Å². The fourth-order valence-electron chi connectivity index (χ4n) is 2.55. The fourth-order valence-corrected chi connectivity index (χ4v) is 6.64. The van der Waals surface area contributed by atoms with E-state index in [9.17, 15) is 9.13 Å². The lowest BCUT2D eigenvalue weighted by molar-refractivity contribution is 0.0972. The summed E-state index contributed by atoms with van der Waals surface area (Å²) in [6, 6.07) is 0. The van der Waals surface area contributed by atoms with Crippen molar-refractivity contribution in [3.05, 3.63) is 0 Å². The summed E-state index contributed by atoms with van der Waals surface area (Å²) in [5.41, 5.74) is 0. The van der Waals surface area contributed by atoms with Crippen LogP contribution in [-0.2, 0) is 27.2 Å². The molecule has 1 fully saturated rings. The van der Waals surface area contributed by atoms with Crippen molar-refractivity contribution in [3.8, 4) is 0 Å². The summed E-state index contributed by atoms with van der Waals surface area (Å²) in [7, 11) is -6.82. The van der Waals surface area contributed by atoms with Crippen LogP contribution < -0.4 is 0 Å². The standard InChI is InChI=1S/C20H44N2O6P2/c1-17(2)13-25-29(23,26-14-18(3)4)21-9-11-22(12-10-21)30(24,27-15-19(5)6)28-16-20(7)8/h17-20H,9-16H2,1-8H3. The van der Waals surface area contributed by atoms with Gasteiger partial charge in [-0.05, 0) is 23.7 Å². The van der Waals surface area contributed by atoms with E-state index in [1.54, 1.807) is 9.34 Å². The number of nitrogens with zero attached hydrogens (tertiary/aromatic N) is 2. The first-order chi connectivity index (χ1) is 13.9. The van der Waals surface area contributed by atoms with Crippen LogP contribution in [0.4, 0.5) is 0 Å². The van der Waals surface area contributed by atoms with Gasteiger partial charge in [0.15, 0.2) is 0 Å². The number of hydrogen-bond acceptors (Lipinski definition) is 6. The lowest BCUT2D eigenvalue weighted by atomic mass is 10.2. The number of hydrogen-bond donors (Lipinski definition) is 0. The van der Waals surface area contributed by atoms with Crippen molar-refractivity contribution in [2.24, 2.45) is 23.7 Å². The van der Waals surface area contributed by atoms with Gasteiger partial charge in [0, 0.05) is 26.2 Å². The van der Waals surface area contributed by atoms with E-state index >= 15 is 0 Å². The highest BCUT2D eigenvalue weighted by molar-refractivity contribution is 7.51. The highest BCUT2D eigenvalue weighted by atomic mass is 31.2. The monoisotopic (exact) mass is 470 g/mol. The molecule has 0 bridgehead atoms. The maximum atomic E-state index is 13.5. The van der Waals surface area contributed by atoms with E-state index in [4.69, 9.17) is 18.1 Å². The lowest BCUT2D eigenvalue weighted by Crippen LogP contribution is -2.44. The molecule has 0 spiro atoms. The minimum Gasteiger partial charge on any atom is -0.296 e. The van der Waals surface area contributed by atoms with Crippen molar-refractivity contribution < 1.29 is 27.2 Å². The topological polar surface area (TPSA) is 77.5 Å². The maximum Gasteiger partial charge on any atom is 0.408 e. The van der Waals surface area contributed by atoms with Gasteiger partial charge in [0.2, 0.25) is 0 Å². The van der Waals surface area contributed by atoms with Gasteiger partial charge in [-0.1, -0.05) is 55.4 Å². The summed E-state index contributed by atoms with van der Waals surface area (Å²) >= 11 is 0. The molecule has 180 valence electrons. The van der Waals surface area contributed by atoms with Crippen LogP contribution in [0.3, 0.4) is 0 Å². The second kappa shape index (κ2) is 13.1. The van der Waals surface area contributed by atoms with Crippen molar-refractivity contribution >= 4 is 15.5 Å². The molecule has 0 amide bonds. The van der Waals surface area contributed by atoms with E-state index in [1.165, 1.54) is 0 Å². The van der Waals surface area contributed by atoms with Crippen molar-refractivity contribution in [1.29, 1.82) is 0 Å². The fraction of sp³-hybridized carbons (Fsp3) is 1.00. The van der Waals surface area contributed by atoms with Crippen molar-refractivity contribution in [1.82, 2.24) is 9.34 Å². The van der Waals surface area contributed by atoms with Gasteiger partial charge in [-0.25, -0.2) is 18.5 Å². The first-order valence-electron chi connectivity index (χ1n) is 11.2. The van der Waals surface area contributed by atoms with Gasteiger partial charge in [0.05, 0.1) is 26.4 Å². The zero-order valence-corrected chi connectivity index (χ0v) is 22.0. The van der Waals surface area contributed by atoms with Gasteiger partial charge in [-0.3, -0.25) is 18.1 Å². The molecule has 0 saturated carbocycles. The normalized spacial score (nSPS) is 17.7. The van der Waals surface area contributed by atoms with Gasteiger partial charge in [-0.15, -0.1) is 0 Å². The molecule has 0 atom stereocenters. The summed E-state index contributed by atoms with van der Waals surface area (Å²) in [6.45, 7) is 19.2. The van der Waals surface area contributed by atoms with Crippen LogP contribution in [0.5, 0.6) is 0 Å². The van der Waals surface area contributed by atoms with E-state index in [1.807, 2.05) is 55.4 Å². The number of piperazine rings is 1. The summed E-state index contributed by atoms with van der Waals surface area (Å²) in [5, 5.41) is 0. The summed E-state index contributed by atoms with van der Waals surface area (Å²) in [5.74, 6) is 0.986. The van der Waals surface area contributed by atoms with Crippen LogP contribution in [0, 0.1) is 23.7 Å². The predicted octanol–water partition coefficient (Wildman–Crippen LogP) is 5.51. The van der Waals surface area contributed by atoms with Crippen molar-refractivity contribution in [2.75, 3.05) is 52.6 Å². The Morgan fingerprint density at radius 3 is 0.900 bits per heavy atom. The second-order valence-electron chi connectivity index (χ2n) is 9.60. The molecule has 0 unspecified atom stereocenters. The van der Waals surface area contributed by atoms with Crippen molar-refractivity contribution in [2.45, 2.75) is 55.4 Å². The molecule has 30 heavy (non-hydrogen) atoms. The van der Waals surface area contributed by atoms with Crippen molar-refractivity contribution in [3.63, 3.8) is 0 Å². The van der Waals surface area contributed by atoms with Gasteiger partial charge in [0.25, 0.3) is 0 Å². The largest absolute Gasteiger partial charge is 0.408 e. The van der Waals surface area contributed by atoms with Crippen LogP contribution in [0.1, 0.15) is 55.4 Å². The molecule has 1 aliphatic heterocycles. The SMILES string of the molecule is CC(C)COP(=O)(OCC(C)C)N1CCN(P(=O)(OCC(C)C)OCC(C)C)CC1. The molecule has 0 aliphatic carbocycles. The quantitative estimate of drug-likeness (QED) is 0.308. The smallest absolute Gasteiger partial charge is 0.296 e. The van der Waals surface area contributed by atoms with Crippen LogP contribution in [0.25, 0.3) is 0 Å². The third kappa shape index (κ3) is 9.79. The molecule has 1 rings (SSSR count). The summed E-state index contributed by atoms with van der Waals surface area (Å²) < 4.78 is 53.6. The van der Waals surface area contributed by atoms with Crippen LogP contribution >= 0.6 is 15.5 Å². The molecule has 0 aromatic carbocycles. The first kappa shape index (κ1) is 28.3. The molecular formula is C20H44N2O6P2. The van der Waals surface area contributed by atoms with Crippen LogP contribution in [-0.4, -0.2) is 61.9 Å². The summed E-state index contributed by atoms with van der Waals surface area (Å²) in [6.07, 6.45) is 0. The molecule has 8 nitrogen and oxygen atoms in total. The average Bonchev–Trinajstić information content (AvgIpc) is 2.67. The van der Waals surface area contributed by atoms with E-state index in [0.29, 0.717) is 52.6 Å². The minimum atomic E-state index is -3.41. The van der Waals surface area contributed by atoms with Gasteiger partial charge >= 0.3 is 15.5 Å². The van der Waals surface area contributed by atoms with E-state index in [-0.39, 0.29) is 23.7 Å². The van der Waals surface area contributed by atoms with E-state index < -0.39 is 15.5 Å². The lowest BCUT2D eigenvalue weighted by Gasteiger charge is -2.40. The molecule has 0 aromatic heterocycles. The van der Waals surface area contributed by atoms with Gasteiger partial charge < -0.3 is 0 Å². The molecule has 0 N–H and O–H groups in total. The molecule has 1 saturated heterocycles. The maximum absolute atomic E-state index is 13.5. The Morgan fingerprint density at radius 2 is 0.733 bits per heavy atom. The first-order valence-corrected chi connectivity index (χ1v) is 14.2. The third-order valence-corrected chi connectivity index (χ3v) is 8.30.